The Morgan fingerprint density at radius 3 is 1.21 bits per heavy atom. The first-order valence-corrected chi connectivity index (χ1v) is 15.8. The van der Waals surface area contributed by atoms with Crippen molar-refractivity contribution < 1.29 is 9.59 Å². The summed E-state index contributed by atoms with van der Waals surface area (Å²) in [6, 6.07) is 16.8. The van der Waals surface area contributed by atoms with Gasteiger partial charge in [0.05, 0.1) is 0 Å². The van der Waals surface area contributed by atoms with Crippen LogP contribution in [0.3, 0.4) is 0 Å². The molecule has 0 atom stereocenters. The lowest BCUT2D eigenvalue weighted by Crippen LogP contribution is -2.13. The van der Waals surface area contributed by atoms with Gasteiger partial charge in [0.2, 0.25) is 0 Å². The maximum atomic E-state index is 12.7. The molecule has 0 bridgehead atoms. The van der Waals surface area contributed by atoms with E-state index in [9.17, 15) is 9.59 Å². The molecule has 206 valence electrons. The molecule has 0 unspecified atom stereocenters. The Morgan fingerprint density at radius 2 is 0.895 bits per heavy atom. The quantitative estimate of drug-likeness (QED) is 0.197. The van der Waals surface area contributed by atoms with E-state index in [1.54, 1.807) is 0 Å². The van der Waals surface area contributed by atoms with Crippen LogP contribution < -0.4 is 0 Å². The number of benzene rings is 2. The van der Waals surface area contributed by atoms with Crippen LogP contribution in [0.15, 0.2) is 48.5 Å². The molecule has 0 N–H and O–H groups in total. The Labute approximate surface area is 232 Å². The molecule has 38 heavy (non-hydrogen) atoms. The van der Waals surface area contributed by atoms with E-state index in [0.29, 0.717) is 24.7 Å². The van der Waals surface area contributed by atoms with Gasteiger partial charge in [-0.3, -0.25) is 9.59 Å². The van der Waals surface area contributed by atoms with Gasteiger partial charge in [-0.25, -0.2) is 0 Å². The summed E-state index contributed by atoms with van der Waals surface area (Å²) in [4.78, 5) is 25.4. The van der Waals surface area contributed by atoms with Gasteiger partial charge in [-0.15, -0.1) is 0 Å². The van der Waals surface area contributed by atoms with E-state index in [2.05, 4.69) is 38.1 Å². The second kappa shape index (κ2) is 14.8. The maximum Gasteiger partial charge on any atom is 0.162 e. The van der Waals surface area contributed by atoms with Gasteiger partial charge < -0.3 is 0 Å². The Balaban J connectivity index is 1.15. The van der Waals surface area contributed by atoms with Gasteiger partial charge in [0.15, 0.2) is 11.6 Å². The lowest BCUT2D eigenvalue weighted by Gasteiger charge is -2.28. The number of ketones is 2. The standard InChI is InChI=1S/C36H50O2/c1-3-7-27-11-15-29(16-12-27)31-19-23-33(24-20-31)35(37)9-5-6-10-36(38)34-25-21-32(22-26-34)30-17-13-28(8-4-2)14-18-30/h19-30H,3-18H2,1-2H3. The summed E-state index contributed by atoms with van der Waals surface area (Å²) in [5.41, 5.74) is 4.44. The van der Waals surface area contributed by atoms with Crippen molar-refractivity contribution in [3.05, 3.63) is 70.8 Å². The van der Waals surface area contributed by atoms with Crippen LogP contribution in [0, 0.1) is 11.8 Å². The highest BCUT2D eigenvalue weighted by Gasteiger charge is 2.23. The normalized spacial score (nSPS) is 23.7. The summed E-state index contributed by atoms with van der Waals surface area (Å²) in [7, 11) is 0. The summed E-state index contributed by atoms with van der Waals surface area (Å²) in [5, 5.41) is 0. The van der Waals surface area contributed by atoms with Crippen molar-refractivity contribution in [2.45, 2.75) is 128 Å². The number of Topliss-reactive ketones (excluding diaryl/α,β-unsaturated/α-hetero) is 2. The van der Waals surface area contributed by atoms with Crippen LogP contribution in [0.25, 0.3) is 0 Å². The summed E-state index contributed by atoms with van der Waals surface area (Å²) < 4.78 is 0. The summed E-state index contributed by atoms with van der Waals surface area (Å²) in [6.07, 6.45) is 18.5. The van der Waals surface area contributed by atoms with Crippen LogP contribution in [0.1, 0.15) is 160 Å². The Kier molecular flexibility index (Phi) is 11.2. The van der Waals surface area contributed by atoms with Crippen molar-refractivity contribution in [2.24, 2.45) is 11.8 Å². The highest BCUT2D eigenvalue weighted by molar-refractivity contribution is 5.97. The number of hydrogen-bond acceptors (Lipinski definition) is 2. The number of rotatable bonds is 13. The molecule has 0 amide bonds. The minimum atomic E-state index is 0.202. The van der Waals surface area contributed by atoms with E-state index in [1.807, 2.05) is 24.3 Å². The van der Waals surface area contributed by atoms with Gasteiger partial charge in [0.25, 0.3) is 0 Å². The first-order valence-electron chi connectivity index (χ1n) is 15.8. The summed E-state index contributed by atoms with van der Waals surface area (Å²) in [5.74, 6) is 3.57. The molecule has 2 aliphatic carbocycles. The van der Waals surface area contributed by atoms with E-state index < -0.39 is 0 Å². The minimum Gasteiger partial charge on any atom is -0.294 e. The Morgan fingerprint density at radius 1 is 0.553 bits per heavy atom. The highest BCUT2D eigenvalue weighted by Crippen LogP contribution is 2.38. The third-order valence-corrected chi connectivity index (χ3v) is 9.55. The predicted molar refractivity (Wildman–Crippen MR) is 159 cm³/mol. The van der Waals surface area contributed by atoms with E-state index in [4.69, 9.17) is 0 Å². The fourth-order valence-electron chi connectivity index (χ4n) is 7.13. The molecule has 0 aromatic heterocycles. The van der Waals surface area contributed by atoms with Gasteiger partial charge in [0.1, 0.15) is 0 Å². The van der Waals surface area contributed by atoms with Crippen LogP contribution in [0.2, 0.25) is 0 Å². The van der Waals surface area contributed by atoms with Crippen molar-refractivity contribution in [1.82, 2.24) is 0 Å². The van der Waals surface area contributed by atoms with E-state index in [0.717, 1.165) is 35.8 Å². The molecule has 2 heteroatoms. The number of hydrogen-bond donors (Lipinski definition) is 0. The van der Waals surface area contributed by atoms with Gasteiger partial charge in [-0.05, 0) is 99.0 Å². The summed E-state index contributed by atoms with van der Waals surface area (Å²) in [6.45, 7) is 4.58. The van der Waals surface area contributed by atoms with E-state index in [1.165, 1.54) is 88.2 Å². The second-order valence-electron chi connectivity index (χ2n) is 12.3. The number of carbonyl (C=O) groups excluding carboxylic acids is 2. The average molecular weight is 515 g/mol. The van der Waals surface area contributed by atoms with Gasteiger partial charge in [-0.2, -0.15) is 0 Å². The molecule has 2 fully saturated rings. The van der Waals surface area contributed by atoms with Crippen molar-refractivity contribution in [3.63, 3.8) is 0 Å². The zero-order valence-electron chi connectivity index (χ0n) is 24.1. The SMILES string of the molecule is CCCC1CCC(c2ccc(C(=O)CCCCC(=O)c3ccc(C4CCC(CCC)CC4)cc3)cc2)CC1. The smallest absolute Gasteiger partial charge is 0.162 e. The topological polar surface area (TPSA) is 34.1 Å². The number of unbranched alkanes of at least 4 members (excludes halogenated alkanes) is 1. The lowest BCUT2D eigenvalue weighted by atomic mass is 9.77. The van der Waals surface area contributed by atoms with Gasteiger partial charge >= 0.3 is 0 Å². The van der Waals surface area contributed by atoms with E-state index in [-0.39, 0.29) is 11.6 Å². The molecule has 0 radical (unpaired) electrons. The fraction of sp³-hybridized carbons (Fsp3) is 0.611. The molecular formula is C36H50O2. The molecule has 0 aliphatic heterocycles. The van der Waals surface area contributed by atoms with Crippen molar-refractivity contribution in [1.29, 1.82) is 0 Å². The Hall–Kier alpha value is -2.22. The number of carbonyl (C=O) groups is 2. The van der Waals surface area contributed by atoms with Crippen LogP contribution in [0.5, 0.6) is 0 Å². The highest BCUT2D eigenvalue weighted by atomic mass is 16.1. The average Bonchev–Trinajstić information content (AvgIpc) is 2.96. The van der Waals surface area contributed by atoms with Crippen LogP contribution in [-0.4, -0.2) is 11.6 Å². The molecular weight excluding hydrogens is 464 g/mol. The molecule has 2 aromatic rings. The van der Waals surface area contributed by atoms with Crippen molar-refractivity contribution >= 4 is 11.6 Å². The summed E-state index contributed by atoms with van der Waals surface area (Å²) >= 11 is 0. The molecule has 4 rings (SSSR count). The molecule has 0 spiro atoms. The van der Waals surface area contributed by atoms with Gasteiger partial charge in [-0.1, -0.05) is 88.1 Å². The minimum absolute atomic E-state index is 0.202. The van der Waals surface area contributed by atoms with Crippen LogP contribution in [-0.2, 0) is 0 Å². The molecule has 2 aromatic carbocycles. The zero-order valence-corrected chi connectivity index (χ0v) is 24.1. The Bertz CT molecular complexity index is 903. The van der Waals surface area contributed by atoms with Crippen molar-refractivity contribution in [2.75, 3.05) is 0 Å². The second-order valence-corrected chi connectivity index (χ2v) is 12.3. The van der Waals surface area contributed by atoms with Crippen molar-refractivity contribution in [3.8, 4) is 0 Å². The molecule has 2 saturated carbocycles. The largest absolute Gasteiger partial charge is 0.294 e. The molecule has 2 aliphatic rings. The fourth-order valence-corrected chi connectivity index (χ4v) is 7.13. The third kappa shape index (κ3) is 8.14. The third-order valence-electron chi connectivity index (χ3n) is 9.55. The maximum absolute atomic E-state index is 12.7. The lowest BCUT2D eigenvalue weighted by molar-refractivity contribution is 0.0954. The van der Waals surface area contributed by atoms with Gasteiger partial charge in [0, 0.05) is 24.0 Å². The zero-order chi connectivity index (χ0) is 26.7. The molecule has 0 heterocycles. The van der Waals surface area contributed by atoms with E-state index >= 15 is 0 Å². The van der Waals surface area contributed by atoms with Crippen LogP contribution >= 0.6 is 0 Å². The van der Waals surface area contributed by atoms with Crippen LogP contribution in [0.4, 0.5) is 0 Å². The molecule has 2 nitrogen and oxygen atoms in total. The monoisotopic (exact) mass is 514 g/mol. The predicted octanol–water partition coefficient (Wildman–Crippen LogP) is 10.5. The first-order chi connectivity index (χ1) is 18.6. The first kappa shape index (κ1) is 28.8. The molecule has 0 saturated heterocycles.